The maximum atomic E-state index is 9.51. The van der Waals surface area contributed by atoms with Crippen molar-refractivity contribution in [2.24, 2.45) is 0 Å². The summed E-state index contributed by atoms with van der Waals surface area (Å²) in [6.07, 6.45) is 1.08. The summed E-state index contributed by atoms with van der Waals surface area (Å²) in [4.78, 5) is 4.11. The Kier molecular flexibility index (Phi) is 4.37. The molecule has 94 valence electrons. The van der Waals surface area contributed by atoms with Crippen molar-refractivity contribution in [1.82, 2.24) is 4.98 Å². The normalized spacial score (nSPS) is 12.2. The number of pyridine rings is 1. The molecule has 0 amide bonds. The van der Waals surface area contributed by atoms with E-state index in [9.17, 15) is 5.11 Å². The molecule has 0 aliphatic heterocycles. The van der Waals surface area contributed by atoms with Crippen molar-refractivity contribution < 1.29 is 9.84 Å². The smallest absolute Gasteiger partial charge is 0.219 e. The molecule has 5 heteroatoms. The summed E-state index contributed by atoms with van der Waals surface area (Å²) in [6.45, 7) is 1.70. The van der Waals surface area contributed by atoms with E-state index in [2.05, 4.69) is 36.8 Å². The standard InChI is InChI=1S/C13H11Br2NO2/c1-8(17)9-4-5-16-13(6-9)18-12-3-2-10(14)7-11(12)15/h2-8,17H,1H3/t8-/m0/s1. The lowest BCUT2D eigenvalue weighted by Crippen LogP contribution is -1.94. The molecule has 1 atom stereocenters. The van der Waals surface area contributed by atoms with Crippen molar-refractivity contribution >= 4 is 31.9 Å². The second-order valence-corrected chi connectivity index (χ2v) is 5.55. The Bertz CT molecular complexity index is 558. The molecule has 0 fully saturated rings. The van der Waals surface area contributed by atoms with Gasteiger partial charge < -0.3 is 9.84 Å². The van der Waals surface area contributed by atoms with Crippen molar-refractivity contribution in [2.45, 2.75) is 13.0 Å². The zero-order chi connectivity index (χ0) is 13.1. The van der Waals surface area contributed by atoms with E-state index < -0.39 is 6.10 Å². The maximum absolute atomic E-state index is 9.51. The van der Waals surface area contributed by atoms with Gasteiger partial charge in [0.25, 0.3) is 0 Å². The van der Waals surface area contributed by atoms with Crippen LogP contribution in [0.2, 0.25) is 0 Å². The number of hydrogen-bond acceptors (Lipinski definition) is 3. The molecular weight excluding hydrogens is 362 g/mol. The van der Waals surface area contributed by atoms with Crippen LogP contribution in [-0.2, 0) is 0 Å². The summed E-state index contributed by atoms with van der Waals surface area (Å²) in [5.74, 6) is 1.13. The van der Waals surface area contributed by atoms with E-state index in [1.54, 1.807) is 25.3 Å². The van der Waals surface area contributed by atoms with Crippen LogP contribution in [0.25, 0.3) is 0 Å². The van der Waals surface area contributed by atoms with Crippen molar-refractivity contribution in [3.05, 3.63) is 51.0 Å². The molecule has 0 radical (unpaired) electrons. The van der Waals surface area contributed by atoms with Gasteiger partial charge in [0.1, 0.15) is 5.75 Å². The molecule has 0 aliphatic rings. The molecule has 0 saturated heterocycles. The number of hydrogen-bond donors (Lipinski definition) is 1. The fourth-order valence-electron chi connectivity index (χ4n) is 1.41. The van der Waals surface area contributed by atoms with Crippen LogP contribution in [0.1, 0.15) is 18.6 Å². The van der Waals surface area contributed by atoms with Crippen LogP contribution in [0, 0.1) is 0 Å². The van der Waals surface area contributed by atoms with Crippen LogP contribution in [-0.4, -0.2) is 10.1 Å². The van der Waals surface area contributed by atoms with Gasteiger partial charge in [0, 0.05) is 16.7 Å². The molecule has 0 saturated carbocycles. The summed E-state index contributed by atoms with van der Waals surface area (Å²) < 4.78 is 7.46. The highest BCUT2D eigenvalue weighted by Crippen LogP contribution is 2.31. The molecule has 0 unspecified atom stereocenters. The van der Waals surface area contributed by atoms with Gasteiger partial charge in [-0.25, -0.2) is 4.98 Å². The predicted octanol–water partition coefficient (Wildman–Crippen LogP) is 4.45. The molecule has 3 nitrogen and oxygen atoms in total. The second-order valence-electron chi connectivity index (χ2n) is 3.78. The van der Waals surface area contributed by atoms with Crippen LogP contribution in [0.15, 0.2) is 45.5 Å². The second kappa shape index (κ2) is 5.82. The Hall–Kier alpha value is -0.910. The van der Waals surface area contributed by atoms with Crippen molar-refractivity contribution in [1.29, 1.82) is 0 Å². The van der Waals surface area contributed by atoms with Crippen LogP contribution in [0.4, 0.5) is 0 Å². The first kappa shape index (κ1) is 13.5. The van der Waals surface area contributed by atoms with Gasteiger partial charge in [0.05, 0.1) is 10.6 Å². The van der Waals surface area contributed by atoms with E-state index in [-0.39, 0.29) is 0 Å². The molecule has 1 aromatic carbocycles. The zero-order valence-electron chi connectivity index (χ0n) is 9.60. The SMILES string of the molecule is C[C@H](O)c1ccnc(Oc2ccc(Br)cc2Br)c1. The number of benzene rings is 1. The third-order valence-electron chi connectivity index (χ3n) is 2.35. The highest BCUT2D eigenvalue weighted by Gasteiger charge is 2.07. The van der Waals surface area contributed by atoms with Crippen LogP contribution in [0.5, 0.6) is 11.6 Å². The first-order chi connectivity index (χ1) is 8.56. The lowest BCUT2D eigenvalue weighted by Gasteiger charge is -2.09. The number of rotatable bonds is 3. The topological polar surface area (TPSA) is 42.4 Å². The fourth-order valence-corrected chi connectivity index (χ4v) is 2.54. The first-order valence-electron chi connectivity index (χ1n) is 5.33. The average Bonchev–Trinajstić information content (AvgIpc) is 2.33. The molecule has 1 aromatic heterocycles. The monoisotopic (exact) mass is 371 g/mol. The van der Waals surface area contributed by atoms with Gasteiger partial charge in [0.15, 0.2) is 0 Å². The molecule has 2 rings (SSSR count). The van der Waals surface area contributed by atoms with E-state index in [4.69, 9.17) is 4.74 Å². The van der Waals surface area contributed by atoms with Gasteiger partial charge in [-0.15, -0.1) is 0 Å². The predicted molar refractivity (Wildman–Crippen MR) is 76.8 cm³/mol. The summed E-state index contributed by atoms with van der Waals surface area (Å²) >= 11 is 6.80. The van der Waals surface area contributed by atoms with Gasteiger partial charge >= 0.3 is 0 Å². The Labute approximate surface area is 122 Å². The van der Waals surface area contributed by atoms with Gasteiger partial charge in [-0.05, 0) is 52.7 Å². The molecule has 18 heavy (non-hydrogen) atoms. The van der Waals surface area contributed by atoms with Crippen LogP contribution >= 0.6 is 31.9 Å². The molecular formula is C13H11Br2NO2. The first-order valence-corrected chi connectivity index (χ1v) is 6.92. The Morgan fingerprint density at radius 1 is 1.22 bits per heavy atom. The highest BCUT2D eigenvalue weighted by molar-refractivity contribution is 9.11. The number of halogens is 2. The number of nitrogens with zero attached hydrogens (tertiary/aromatic N) is 1. The summed E-state index contributed by atoms with van der Waals surface area (Å²) in [7, 11) is 0. The van der Waals surface area contributed by atoms with E-state index >= 15 is 0 Å². The molecule has 1 heterocycles. The minimum absolute atomic E-state index is 0.455. The van der Waals surface area contributed by atoms with Crippen molar-refractivity contribution in [3.63, 3.8) is 0 Å². The average molecular weight is 373 g/mol. The maximum Gasteiger partial charge on any atom is 0.219 e. The summed E-state index contributed by atoms with van der Waals surface area (Å²) in [6, 6.07) is 9.10. The lowest BCUT2D eigenvalue weighted by molar-refractivity contribution is 0.198. The minimum Gasteiger partial charge on any atom is -0.438 e. The lowest BCUT2D eigenvalue weighted by atomic mass is 10.2. The molecule has 1 N–H and O–H groups in total. The largest absolute Gasteiger partial charge is 0.438 e. The van der Waals surface area contributed by atoms with Gasteiger partial charge in [-0.1, -0.05) is 15.9 Å². The highest BCUT2D eigenvalue weighted by atomic mass is 79.9. The van der Waals surface area contributed by atoms with Crippen LogP contribution in [0.3, 0.4) is 0 Å². The van der Waals surface area contributed by atoms with Gasteiger partial charge in [-0.3, -0.25) is 0 Å². The van der Waals surface area contributed by atoms with Gasteiger partial charge in [0.2, 0.25) is 5.88 Å². The molecule has 2 aromatic rings. The summed E-state index contributed by atoms with van der Waals surface area (Å²) in [5.41, 5.74) is 0.772. The number of aromatic nitrogens is 1. The number of aliphatic hydroxyl groups excluding tert-OH is 1. The number of aliphatic hydroxyl groups is 1. The quantitative estimate of drug-likeness (QED) is 0.865. The summed E-state index contributed by atoms with van der Waals surface area (Å²) in [5, 5.41) is 9.51. The minimum atomic E-state index is -0.538. The third kappa shape index (κ3) is 3.31. The van der Waals surface area contributed by atoms with E-state index in [1.165, 1.54) is 0 Å². The fraction of sp³-hybridized carbons (Fsp3) is 0.154. The Balaban J connectivity index is 2.25. The third-order valence-corrected chi connectivity index (χ3v) is 3.46. The van der Waals surface area contributed by atoms with E-state index in [0.717, 1.165) is 14.5 Å². The van der Waals surface area contributed by atoms with E-state index in [0.29, 0.717) is 11.6 Å². The molecule has 0 aliphatic carbocycles. The van der Waals surface area contributed by atoms with E-state index in [1.807, 2.05) is 18.2 Å². The zero-order valence-corrected chi connectivity index (χ0v) is 12.8. The van der Waals surface area contributed by atoms with Crippen molar-refractivity contribution in [2.75, 3.05) is 0 Å². The van der Waals surface area contributed by atoms with Crippen LogP contribution < -0.4 is 4.74 Å². The van der Waals surface area contributed by atoms with Crippen molar-refractivity contribution in [3.8, 4) is 11.6 Å². The van der Waals surface area contributed by atoms with Gasteiger partial charge in [-0.2, -0.15) is 0 Å². The Morgan fingerprint density at radius 3 is 2.67 bits per heavy atom. The molecule has 0 bridgehead atoms. The Morgan fingerprint density at radius 2 is 2.00 bits per heavy atom. The number of ether oxygens (including phenoxy) is 1. The molecule has 0 spiro atoms.